The topological polar surface area (TPSA) is 57.3 Å². The van der Waals surface area contributed by atoms with Crippen LogP contribution < -0.4 is 10.1 Å². The Morgan fingerprint density at radius 1 is 1.29 bits per heavy atom. The van der Waals surface area contributed by atoms with Gasteiger partial charge in [-0.15, -0.1) is 0 Å². The van der Waals surface area contributed by atoms with Crippen molar-refractivity contribution in [3.8, 4) is 5.75 Å². The standard InChI is InChI=1S/C17H24N2O2/c1-13(20)12-19-17(9-3-2-4-10-17)21-16-7-5-6-15-14(16)8-11-18-15/h5-8,11,13,18-20H,2-4,9-10,12H2,1H3/t13-/m1/s1. The van der Waals surface area contributed by atoms with Crippen LogP contribution in [0.5, 0.6) is 5.75 Å². The molecule has 0 amide bonds. The molecule has 0 saturated heterocycles. The Morgan fingerprint density at radius 2 is 2.10 bits per heavy atom. The molecule has 0 spiro atoms. The van der Waals surface area contributed by atoms with Gasteiger partial charge >= 0.3 is 0 Å². The molecule has 3 rings (SSSR count). The van der Waals surface area contributed by atoms with E-state index in [1.165, 1.54) is 6.42 Å². The Hall–Kier alpha value is -1.52. The van der Waals surface area contributed by atoms with Crippen LogP contribution in [-0.2, 0) is 0 Å². The molecule has 1 aliphatic carbocycles. The van der Waals surface area contributed by atoms with E-state index in [2.05, 4.69) is 22.4 Å². The van der Waals surface area contributed by atoms with Crippen molar-refractivity contribution in [2.75, 3.05) is 6.54 Å². The highest BCUT2D eigenvalue weighted by molar-refractivity contribution is 5.85. The molecule has 1 aliphatic rings. The fourth-order valence-corrected chi connectivity index (χ4v) is 3.13. The fourth-order valence-electron chi connectivity index (χ4n) is 3.13. The molecule has 2 aromatic rings. The van der Waals surface area contributed by atoms with Gasteiger partial charge in [0.1, 0.15) is 5.75 Å². The van der Waals surface area contributed by atoms with Crippen molar-refractivity contribution in [3.63, 3.8) is 0 Å². The van der Waals surface area contributed by atoms with Gasteiger partial charge in [0.25, 0.3) is 0 Å². The van der Waals surface area contributed by atoms with Crippen LogP contribution in [0.2, 0.25) is 0 Å². The number of hydrogen-bond acceptors (Lipinski definition) is 3. The van der Waals surface area contributed by atoms with E-state index in [0.717, 1.165) is 42.3 Å². The van der Waals surface area contributed by atoms with Gasteiger partial charge in [-0.2, -0.15) is 0 Å². The monoisotopic (exact) mass is 288 g/mol. The maximum Gasteiger partial charge on any atom is 0.161 e. The second-order valence-electron chi connectivity index (χ2n) is 6.08. The predicted molar refractivity (Wildman–Crippen MR) is 84.4 cm³/mol. The van der Waals surface area contributed by atoms with Crippen molar-refractivity contribution >= 4 is 10.9 Å². The van der Waals surface area contributed by atoms with Crippen LogP contribution in [0, 0.1) is 0 Å². The number of hydrogen-bond donors (Lipinski definition) is 3. The van der Waals surface area contributed by atoms with Crippen LogP contribution in [0.4, 0.5) is 0 Å². The van der Waals surface area contributed by atoms with Crippen LogP contribution in [0.1, 0.15) is 39.0 Å². The van der Waals surface area contributed by atoms with Gasteiger partial charge in [0.2, 0.25) is 0 Å². The van der Waals surface area contributed by atoms with Gasteiger partial charge < -0.3 is 14.8 Å². The summed E-state index contributed by atoms with van der Waals surface area (Å²) in [6.45, 7) is 2.36. The zero-order chi connectivity index (χ0) is 14.7. The molecule has 21 heavy (non-hydrogen) atoms. The van der Waals surface area contributed by atoms with Gasteiger partial charge in [-0.05, 0) is 38.0 Å². The first-order chi connectivity index (χ1) is 10.2. The predicted octanol–water partition coefficient (Wildman–Crippen LogP) is 3.18. The molecule has 0 bridgehead atoms. The summed E-state index contributed by atoms with van der Waals surface area (Å²) in [6.07, 6.45) is 7.13. The van der Waals surface area contributed by atoms with E-state index in [9.17, 15) is 5.11 Å². The summed E-state index contributed by atoms with van der Waals surface area (Å²) in [7, 11) is 0. The molecule has 1 atom stereocenters. The van der Waals surface area contributed by atoms with Crippen LogP contribution in [0.25, 0.3) is 10.9 Å². The minimum atomic E-state index is -0.365. The maximum absolute atomic E-state index is 9.58. The zero-order valence-electron chi connectivity index (χ0n) is 12.6. The third-order valence-corrected chi connectivity index (χ3v) is 4.24. The third-order valence-electron chi connectivity index (χ3n) is 4.24. The summed E-state index contributed by atoms with van der Waals surface area (Å²) in [5.74, 6) is 0.911. The molecule has 0 radical (unpaired) electrons. The molecule has 0 aliphatic heterocycles. The van der Waals surface area contributed by atoms with E-state index in [4.69, 9.17) is 4.74 Å². The molecule has 4 nitrogen and oxygen atoms in total. The number of nitrogens with one attached hydrogen (secondary N) is 2. The highest BCUT2D eigenvalue weighted by atomic mass is 16.5. The van der Waals surface area contributed by atoms with Gasteiger partial charge in [-0.25, -0.2) is 0 Å². The second kappa shape index (κ2) is 6.08. The van der Waals surface area contributed by atoms with Gasteiger partial charge in [-0.3, -0.25) is 5.32 Å². The number of aromatic nitrogens is 1. The SMILES string of the molecule is C[C@@H](O)CNC1(Oc2cccc3[nH]ccc23)CCCCC1. The summed E-state index contributed by atoms with van der Waals surface area (Å²) >= 11 is 0. The summed E-state index contributed by atoms with van der Waals surface area (Å²) in [5, 5.41) is 14.1. The fraction of sp³-hybridized carbons (Fsp3) is 0.529. The van der Waals surface area contributed by atoms with Crippen LogP contribution in [-0.4, -0.2) is 28.5 Å². The first-order valence-corrected chi connectivity index (χ1v) is 7.87. The lowest BCUT2D eigenvalue weighted by Gasteiger charge is -2.39. The molecule has 1 saturated carbocycles. The molecule has 3 N–H and O–H groups in total. The van der Waals surface area contributed by atoms with E-state index in [1.807, 2.05) is 18.3 Å². The van der Waals surface area contributed by atoms with E-state index in [1.54, 1.807) is 6.92 Å². The van der Waals surface area contributed by atoms with E-state index < -0.39 is 0 Å². The number of rotatable bonds is 5. The summed E-state index contributed by atoms with van der Waals surface area (Å²) in [6, 6.07) is 8.14. The third kappa shape index (κ3) is 3.22. The lowest BCUT2D eigenvalue weighted by molar-refractivity contribution is -0.0100. The maximum atomic E-state index is 9.58. The first kappa shape index (κ1) is 14.4. The first-order valence-electron chi connectivity index (χ1n) is 7.87. The molecule has 114 valence electrons. The number of aromatic amines is 1. The van der Waals surface area contributed by atoms with Crippen LogP contribution in [0.15, 0.2) is 30.5 Å². The summed E-state index contributed by atoms with van der Waals surface area (Å²) in [4.78, 5) is 3.22. The summed E-state index contributed by atoms with van der Waals surface area (Å²) < 4.78 is 6.42. The van der Waals surface area contributed by atoms with Crippen molar-refractivity contribution in [2.24, 2.45) is 0 Å². The molecule has 1 aromatic carbocycles. The molecule has 4 heteroatoms. The van der Waals surface area contributed by atoms with Gasteiger partial charge in [-0.1, -0.05) is 12.5 Å². The zero-order valence-corrected chi connectivity index (χ0v) is 12.6. The quantitative estimate of drug-likeness (QED) is 0.741. The van der Waals surface area contributed by atoms with Gasteiger partial charge in [0.05, 0.1) is 6.10 Å². The number of H-pyrrole nitrogens is 1. The lowest BCUT2D eigenvalue weighted by atomic mass is 9.91. The van der Waals surface area contributed by atoms with Gasteiger partial charge in [0.15, 0.2) is 5.72 Å². The molecular formula is C17H24N2O2. The molecular weight excluding hydrogens is 264 g/mol. The van der Waals surface area contributed by atoms with Crippen molar-refractivity contribution in [1.29, 1.82) is 0 Å². The Bertz CT molecular complexity index is 585. The Kier molecular flexibility index (Phi) is 4.17. The highest BCUT2D eigenvalue weighted by Gasteiger charge is 2.34. The van der Waals surface area contributed by atoms with Crippen molar-refractivity contribution < 1.29 is 9.84 Å². The Balaban J connectivity index is 1.85. The minimum absolute atomic E-state index is 0.346. The second-order valence-corrected chi connectivity index (χ2v) is 6.08. The average molecular weight is 288 g/mol. The Morgan fingerprint density at radius 3 is 2.86 bits per heavy atom. The van der Waals surface area contributed by atoms with E-state index in [0.29, 0.717) is 6.54 Å². The normalized spacial score (nSPS) is 19.5. The molecule has 1 aromatic heterocycles. The lowest BCUT2D eigenvalue weighted by Crippen LogP contribution is -2.53. The smallest absolute Gasteiger partial charge is 0.161 e. The number of benzene rings is 1. The molecule has 0 unspecified atom stereocenters. The minimum Gasteiger partial charge on any atom is -0.472 e. The molecule has 1 fully saturated rings. The summed E-state index contributed by atoms with van der Waals surface area (Å²) in [5.41, 5.74) is 0.745. The Labute approximate surface area is 125 Å². The number of aliphatic hydroxyl groups excluding tert-OH is 1. The number of fused-ring (bicyclic) bond motifs is 1. The van der Waals surface area contributed by atoms with Gasteiger partial charge in [0, 0.05) is 36.5 Å². The molecule has 1 heterocycles. The largest absolute Gasteiger partial charge is 0.472 e. The van der Waals surface area contributed by atoms with E-state index in [-0.39, 0.29) is 11.8 Å². The van der Waals surface area contributed by atoms with E-state index >= 15 is 0 Å². The van der Waals surface area contributed by atoms with Crippen molar-refractivity contribution in [2.45, 2.75) is 50.9 Å². The van der Waals surface area contributed by atoms with Crippen LogP contribution in [0.3, 0.4) is 0 Å². The number of aliphatic hydroxyl groups is 1. The van der Waals surface area contributed by atoms with Crippen LogP contribution >= 0.6 is 0 Å². The average Bonchev–Trinajstić information content (AvgIpc) is 2.96. The highest BCUT2D eigenvalue weighted by Crippen LogP contribution is 2.34. The van der Waals surface area contributed by atoms with Crippen molar-refractivity contribution in [3.05, 3.63) is 30.5 Å². The number of ether oxygens (including phenoxy) is 1. The van der Waals surface area contributed by atoms with Crippen molar-refractivity contribution in [1.82, 2.24) is 10.3 Å².